The lowest BCUT2D eigenvalue weighted by Crippen LogP contribution is -2.40. The number of halogens is 3. The summed E-state index contributed by atoms with van der Waals surface area (Å²) in [5.74, 6) is 0. The number of alkyl halides is 3. The van der Waals surface area contributed by atoms with Crippen LogP contribution in [0.1, 0.15) is 43.0 Å². The maximum Gasteiger partial charge on any atom is 0.416 e. The van der Waals surface area contributed by atoms with E-state index in [1.54, 1.807) is 0 Å². The molecule has 3 nitrogen and oxygen atoms in total. The average molecular weight is 363 g/mol. The van der Waals surface area contributed by atoms with Crippen molar-refractivity contribution in [2.24, 2.45) is 5.41 Å². The first-order valence-electron chi connectivity index (χ1n) is 8.38. The van der Waals surface area contributed by atoms with Crippen molar-refractivity contribution in [2.45, 2.75) is 38.9 Å². The number of rotatable bonds is 2. The fourth-order valence-electron chi connectivity index (χ4n) is 3.54. The molecule has 1 atom stereocenters. The zero-order valence-corrected chi connectivity index (χ0v) is 14.5. The third-order valence-corrected chi connectivity index (χ3v) is 5.09. The predicted molar refractivity (Wildman–Crippen MR) is 92.9 cm³/mol. The Labute approximate surface area is 149 Å². The number of hydrogen-bond donors (Lipinski definition) is 2. The van der Waals surface area contributed by atoms with Crippen LogP contribution in [0.5, 0.6) is 0 Å². The van der Waals surface area contributed by atoms with Crippen LogP contribution in [0.4, 0.5) is 18.0 Å². The number of aryl methyl sites for hydroxylation is 1. The highest BCUT2D eigenvalue weighted by Gasteiger charge is 2.37. The van der Waals surface area contributed by atoms with Crippen molar-refractivity contribution < 1.29 is 23.1 Å². The van der Waals surface area contributed by atoms with Gasteiger partial charge in [0.05, 0.1) is 11.6 Å². The summed E-state index contributed by atoms with van der Waals surface area (Å²) in [6.07, 6.45) is -3.76. The topological polar surface area (TPSA) is 49.3 Å². The molecular weight excluding hydrogens is 343 g/mol. The van der Waals surface area contributed by atoms with Crippen LogP contribution in [-0.4, -0.2) is 11.2 Å². The van der Waals surface area contributed by atoms with Crippen LogP contribution in [0.25, 0.3) is 11.1 Å². The van der Waals surface area contributed by atoms with E-state index in [1.165, 1.54) is 12.1 Å². The van der Waals surface area contributed by atoms with Crippen molar-refractivity contribution in [2.75, 3.05) is 0 Å². The number of benzene rings is 2. The average Bonchev–Trinajstić information content (AvgIpc) is 2.56. The van der Waals surface area contributed by atoms with E-state index >= 15 is 0 Å². The molecule has 1 aliphatic rings. The normalized spacial score (nSPS) is 18.9. The molecule has 0 bridgehead atoms. The first kappa shape index (κ1) is 18.3. The minimum Gasteiger partial charge on any atom is -0.465 e. The fourth-order valence-corrected chi connectivity index (χ4v) is 3.54. The molecule has 0 spiro atoms. The molecule has 3 rings (SSSR count). The Bertz CT molecular complexity index is 826. The summed E-state index contributed by atoms with van der Waals surface area (Å²) < 4.78 is 38.2. The van der Waals surface area contributed by atoms with Crippen LogP contribution in [0, 0.1) is 5.41 Å². The summed E-state index contributed by atoms with van der Waals surface area (Å²) in [6, 6.07) is 10.3. The molecule has 138 valence electrons. The highest BCUT2D eigenvalue weighted by atomic mass is 19.4. The standard InChI is InChI=1S/C20H20F3NO2/c1-19(2)10-9-13-3-4-14(11-16(13)17(19)24-18(25)26)12-5-7-15(8-6-12)20(21,22)23/h3-8,11,17,24H,9-10H2,1-2H3,(H,25,26)/t17-/m1/s1. The van der Waals surface area contributed by atoms with Gasteiger partial charge in [-0.05, 0) is 58.7 Å². The van der Waals surface area contributed by atoms with Gasteiger partial charge in [-0.3, -0.25) is 0 Å². The van der Waals surface area contributed by atoms with E-state index in [1.807, 2.05) is 32.0 Å². The largest absolute Gasteiger partial charge is 0.465 e. The van der Waals surface area contributed by atoms with Crippen LogP contribution in [0.2, 0.25) is 0 Å². The van der Waals surface area contributed by atoms with Crippen LogP contribution in [0.3, 0.4) is 0 Å². The van der Waals surface area contributed by atoms with Gasteiger partial charge in [-0.2, -0.15) is 13.2 Å². The predicted octanol–water partition coefficient (Wildman–Crippen LogP) is 5.65. The molecule has 0 heterocycles. The van der Waals surface area contributed by atoms with Crippen molar-refractivity contribution in [3.8, 4) is 11.1 Å². The molecule has 1 aliphatic carbocycles. The minimum absolute atomic E-state index is 0.246. The highest BCUT2D eigenvalue weighted by Crippen LogP contribution is 2.44. The maximum absolute atomic E-state index is 12.7. The van der Waals surface area contributed by atoms with Gasteiger partial charge in [0.15, 0.2) is 0 Å². The second-order valence-corrected chi connectivity index (χ2v) is 7.36. The smallest absolute Gasteiger partial charge is 0.416 e. The summed E-state index contributed by atoms with van der Waals surface area (Å²) in [5.41, 5.74) is 2.46. The summed E-state index contributed by atoms with van der Waals surface area (Å²) in [7, 11) is 0. The molecule has 6 heteroatoms. The van der Waals surface area contributed by atoms with Crippen molar-refractivity contribution in [1.29, 1.82) is 0 Å². The van der Waals surface area contributed by atoms with Crippen molar-refractivity contribution in [3.05, 3.63) is 59.2 Å². The summed E-state index contributed by atoms with van der Waals surface area (Å²) in [4.78, 5) is 11.2. The van der Waals surface area contributed by atoms with Crippen molar-refractivity contribution in [1.82, 2.24) is 5.32 Å². The number of hydrogen-bond acceptors (Lipinski definition) is 1. The van der Waals surface area contributed by atoms with Crippen LogP contribution in [0.15, 0.2) is 42.5 Å². The van der Waals surface area contributed by atoms with Gasteiger partial charge in [-0.15, -0.1) is 0 Å². The molecule has 1 amide bonds. The molecule has 2 aromatic carbocycles. The number of nitrogens with one attached hydrogen (secondary N) is 1. The van der Waals surface area contributed by atoms with Gasteiger partial charge in [-0.1, -0.05) is 38.1 Å². The second-order valence-electron chi connectivity index (χ2n) is 7.36. The molecule has 0 saturated heterocycles. The molecule has 0 aromatic heterocycles. The van der Waals surface area contributed by atoms with Gasteiger partial charge in [0, 0.05) is 0 Å². The molecule has 2 N–H and O–H groups in total. The zero-order chi connectivity index (χ0) is 19.1. The van der Waals surface area contributed by atoms with Gasteiger partial charge in [0.25, 0.3) is 0 Å². The quantitative estimate of drug-likeness (QED) is 0.724. The van der Waals surface area contributed by atoms with E-state index < -0.39 is 17.8 Å². The SMILES string of the molecule is CC1(C)CCc2ccc(-c3ccc(C(F)(F)F)cc3)cc2[C@H]1NC(=O)O. The lowest BCUT2D eigenvalue weighted by Gasteiger charge is -2.40. The number of carbonyl (C=O) groups is 1. The third kappa shape index (κ3) is 3.54. The van der Waals surface area contributed by atoms with Crippen LogP contribution >= 0.6 is 0 Å². The van der Waals surface area contributed by atoms with Crippen LogP contribution in [-0.2, 0) is 12.6 Å². The van der Waals surface area contributed by atoms with E-state index in [-0.39, 0.29) is 11.5 Å². The first-order chi connectivity index (χ1) is 12.1. The Balaban J connectivity index is 2.01. The number of fused-ring (bicyclic) bond motifs is 1. The number of amides is 1. The van der Waals surface area contributed by atoms with E-state index in [4.69, 9.17) is 0 Å². The Morgan fingerprint density at radius 3 is 2.31 bits per heavy atom. The lowest BCUT2D eigenvalue weighted by molar-refractivity contribution is -0.137. The highest BCUT2D eigenvalue weighted by molar-refractivity contribution is 5.68. The zero-order valence-electron chi connectivity index (χ0n) is 14.5. The summed E-state index contributed by atoms with van der Waals surface area (Å²) in [6.45, 7) is 4.03. The Morgan fingerprint density at radius 2 is 1.73 bits per heavy atom. The Kier molecular flexibility index (Phi) is 4.46. The molecule has 26 heavy (non-hydrogen) atoms. The molecule has 0 fully saturated rings. The van der Waals surface area contributed by atoms with E-state index in [0.29, 0.717) is 5.56 Å². The fraction of sp³-hybridized carbons (Fsp3) is 0.350. The van der Waals surface area contributed by atoms with E-state index in [9.17, 15) is 23.1 Å². The first-order valence-corrected chi connectivity index (χ1v) is 8.38. The molecule has 0 radical (unpaired) electrons. The van der Waals surface area contributed by atoms with Gasteiger partial charge in [0.2, 0.25) is 0 Å². The lowest BCUT2D eigenvalue weighted by atomic mass is 9.70. The van der Waals surface area contributed by atoms with E-state index in [2.05, 4.69) is 5.32 Å². The molecule has 0 unspecified atom stereocenters. The van der Waals surface area contributed by atoms with Crippen LogP contribution < -0.4 is 5.32 Å². The molecule has 2 aromatic rings. The van der Waals surface area contributed by atoms with Crippen molar-refractivity contribution in [3.63, 3.8) is 0 Å². The summed E-state index contributed by atoms with van der Waals surface area (Å²) in [5, 5.41) is 11.8. The molecule has 0 saturated carbocycles. The van der Waals surface area contributed by atoms with E-state index in [0.717, 1.165) is 41.7 Å². The van der Waals surface area contributed by atoms with Gasteiger partial charge in [0.1, 0.15) is 0 Å². The van der Waals surface area contributed by atoms with Gasteiger partial charge < -0.3 is 10.4 Å². The monoisotopic (exact) mass is 363 g/mol. The second kappa shape index (κ2) is 6.34. The van der Waals surface area contributed by atoms with Gasteiger partial charge >= 0.3 is 12.3 Å². The third-order valence-electron chi connectivity index (χ3n) is 5.09. The molecule has 0 aliphatic heterocycles. The summed E-state index contributed by atoms with van der Waals surface area (Å²) >= 11 is 0. The van der Waals surface area contributed by atoms with Gasteiger partial charge in [-0.25, -0.2) is 4.79 Å². The maximum atomic E-state index is 12.7. The Morgan fingerprint density at radius 1 is 1.12 bits per heavy atom. The molecular formula is C20H20F3NO2. The number of carboxylic acid groups (broad SMARTS) is 1. The Hall–Kier alpha value is -2.50. The van der Waals surface area contributed by atoms with Crippen molar-refractivity contribution >= 4 is 6.09 Å². The minimum atomic E-state index is -4.37.